The third kappa shape index (κ3) is 1.62. The second-order valence-electron chi connectivity index (χ2n) is 3.58. The highest BCUT2D eigenvalue weighted by Gasteiger charge is 2.14. The molecule has 0 amide bonds. The molecule has 2 aliphatic heterocycles. The number of hydrogen-bond acceptors (Lipinski definition) is 6. The first-order valence-corrected chi connectivity index (χ1v) is 5.34. The summed E-state index contributed by atoms with van der Waals surface area (Å²) in [5.41, 5.74) is 0.832. The molecule has 0 saturated heterocycles. The molecule has 1 aromatic rings. The fraction of sp³-hybridized carbons (Fsp3) is 0.400. The van der Waals surface area contributed by atoms with E-state index in [1.54, 1.807) is 6.20 Å². The molecule has 0 aromatic carbocycles. The maximum atomic E-state index is 4.44. The van der Waals surface area contributed by atoms with Crippen LogP contribution in [0.5, 0.6) is 0 Å². The molecule has 2 N–H and O–H groups in total. The summed E-state index contributed by atoms with van der Waals surface area (Å²) in [6.45, 7) is 3.35. The lowest BCUT2D eigenvalue weighted by molar-refractivity contribution is 0.950. The normalized spacial score (nSPS) is 18.8. The third-order valence-corrected chi connectivity index (χ3v) is 2.46. The predicted molar refractivity (Wildman–Crippen MR) is 60.8 cm³/mol. The van der Waals surface area contributed by atoms with E-state index in [0.717, 1.165) is 43.5 Å². The number of hydrogen-bond donors (Lipinski definition) is 2. The Morgan fingerprint density at radius 3 is 2.44 bits per heavy atom. The standard InChI is InChI=1S/C10H12N6/c1-2-11-10(9-14-5-6-15-9)16-7(1)8-12-3-4-13-8/h1-2H,3-6H2,(H,12,13)(H,14,15). The zero-order chi connectivity index (χ0) is 10.8. The van der Waals surface area contributed by atoms with Crippen molar-refractivity contribution >= 4 is 11.7 Å². The van der Waals surface area contributed by atoms with Gasteiger partial charge in [-0.3, -0.25) is 9.98 Å². The Balaban J connectivity index is 1.93. The molecule has 6 nitrogen and oxygen atoms in total. The zero-order valence-electron chi connectivity index (χ0n) is 8.77. The van der Waals surface area contributed by atoms with Crippen molar-refractivity contribution in [1.82, 2.24) is 20.6 Å². The molecule has 3 heterocycles. The van der Waals surface area contributed by atoms with Gasteiger partial charge in [0.15, 0.2) is 11.7 Å². The Labute approximate surface area is 92.9 Å². The first-order chi connectivity index (χ1) is 7.93. The van der Waals surface area contributed by atoms with Crippen LogP contribution in [0.4, 0.5) is 0 Å². The molecule has 3 rings (SSSR count). The monoisotopic (exact) mass is 216 g/mol. The number of nitrogens with zero attached hydrogens (tertiary/aromatic N) is 4. The van der Waals surface area contributed by atoms with E-state index in [2.05, 4.69) is 30.6 Å². The zero-order valence-corrected chi connectivity index (χ0v) is 8.77. The molecule has 16 heavy (non-hydrogen) atoms. The van der Waals surface area contributed by atoms with E-state index in [9.17, 15) is 0 Å². The van der Waals surface area contributed by atoms with E-state index in [-0.39, 0.29) is 0 Å². The van der Waals surface area contributed by atoms with Gasteiger partial charge in [0.25, 0.3) is 0 Å². The topological polar surface area (TPSA) is 74.6 Å². The molecular weight excluding hydrogens is 204 g/mol. The van der Waals surface area contributed by atoms with Crippen molar-refractivity contribution in [1.29, 1.82) is 0 Å². The van der Waals surface area contributed by atoms with Gasteiger partial charge in [-0.25, -0.2) is 9.97 Å². The minimum absolute atomic E-state index is 0.645. The third-order valence-electron chi connectivity index (χ3n) is 2.46. The maximum Gasteiger partial charge on any atom is 0.195 e. The summed E-state index contributed by atoms with van der Waals surface area (Å²) in [7, 11) is 0. The van der Waals surface area contributed by atoms with E-state index in [0.29, 0.717) is 5.82 Å². The molecule has 1 aromatic heterocycles. The van der Waals surface area contributed by atoms with Crippen LogP contribution in [0.1, 0.15) is 11.5 Å². The molecule has 0 saturated carbocycles. The molecule has 0 spiro atoms. The summed E-state index contributed by atoms with van der Waals surface area (Å²) in [6, 6.07) is 1.86. The van der Waals surface area contributed by atoms with Gasteiger partial charge in [0, 0.05) is 19.3 Å². The van der Waals surface area contributed by atoms with Crippen LogP contribution in [-0.4, -0.2) is 47.8 Å². The van der Waals surface area contributed by atoms with Gasteiger partial charge in [0.05, 0.1) is 13.1 Å². The molecule has 6 heteroatoms. The van der Waals surface area contributed by atoms with Crippen molar-refractivity contribution in [3.8, 4) is 0 Å². The molecule has 0 atom stereocenters. The average molecular weight is 216 g/mol. The Kier molecular flexibility index (Phi) is 2.25. The summed E-state index contributed by atoms with van der Waals surface area (Å²) in [5.74, 6) is 2.27. The van der Waals surface area contributed by atoms with Crippen molar-refractivity contribution in [3.05, 3.63) is 23.8 Å². The predicted octanol–water partition coefficient (Wildman–Crippen LogP) is -0.824. The highest BCUT2D eigenvalue weighted by molar-refractivity contribution is 6.00. The summed E-state index contributed by atoms with van der Waals surface area (Å²) in [6.07, 6.45) is 1.74. The van der Waals surface area contributed by atoms with E-state index in [1.165, 1.54) is 0 Å². The van der Waals surface area contributed by atoms with Crippen molar-refractivity contribution < 1.29 is 0 Å². The average Bonchev–Trinajstić information content (AvgIpc) is 3.03. The fourth-order valence-electron chi connectivity index (χ4n) is 1.72. The van der Waals surface area contributed by atoms with Crippen LogP contribution in [0.3, 0.4) is 0 Å². The summed E-state index contributed by atoms with van der Waals surface area (Å²) in [4.78, 5) is 17.3. The Hall–Kier alpha value is -1.98. The lowest BCUT2D eigenvalue weighted by Gasteiger charge is -2.04. The van der Waals surface area contributed by atoms with Gasteiger partial charge in [-0.15, -0.1) is 0 Å². The number of nitrogens with one attached hydrogen (secondary N) is 2. The molecule has 82 valence electrons. The summed E-state index contributed by atoms with van der Waals surface area (Å²) >= 11 is 0. The van der Waals surface area contributed by atoms with Crippen LogP contribution in [-0.2, 0) is 0 Å². The number of amidine groups is 2. The first kappa shape index (κ1) is 9.26. The van der Waals surface area contributed by atoms with Crippen LogP contribution in [0.2, 0.25) is 0 Å². The molecule has 0 fully saturated rings. The molecule has 0 unspecified atom stereocenters. The minimum atomic E-state index is 0.645. The SMILES string of the molecule is c1cc(C2=NCCN2)nc(C2=NCCN2)n1. The van der Waals surface area contributed by atoms with Gasteiger partial charge in [-0.2, -0.15) is 0 Å². The van der Waals surface area contributed by atoms with Crippen LogP contribution in [0, 0.1) is 0 Å². The quantitative estimate of drug-likeness (QED) is 0.677. The van der Waals surface area contributed by atoms with Crippen molar-refractivity contribution in [2.75, 3.05) is 26.2 Å². The number of aliphatic imine (C=N–C) groups is 2. The Morgan fingerprint density at radius 1 is 1.00 bits per heavy atom. The fourth-order valence-corrected chi connectivity index (χ4v) is 1.72. The summed E-state index contributed by atoms with van der Waals surface area (Å²) in [5, 5.41) is 6.35. The lowest BCUT2D eigenvalue weighted by atomic mass is 10.3. The van der Waals surface area contributed by atoms with Crippen LogP contribution < -0.4 is 10.6 Å². The van der Waals surface area contributed by atoms with Crippen molar-refractivity contribution in [2.45, 2.75) is 0 Å². The van der Waals surface area contributed by atoms with Crippen molar-refractivity contribution in [2.24, 2.45) is 9.98 Å². The van der Waals surface area contributed by atoms with Gasteiger partial charge in [-0.1, -0.05) is 0 Å². The molecule has 0 radical (unpaired) electrons. The maximum absolute atomic E-state index is 4.44. The van der Waals surface area contributed by atoms with Crippen molar-refractivity contribution in [3.63, 3.8) is 0 Å². The summed E-state index contributed by atoms with van der Waals surface area (Å²) < 4.78 is 0. The Morgan fingerprint density at radius 2 is 1.75 bits per heavy atom. The lowest BCUT2D eigenvalue weighted by Crippen LogP contribution is -2.25. The molecule has 2 aliphatic rings. The minimum Gasteiger partial charge on any atom is -0.367 e. The van der Waals surface area contributed by atoms with E-state index >= 15 is 0 Å². The van der Waals surface area contributed by atoms with Gasteiger partial charge < -0.3 is 10.6 Å². The Bertz CT molecular complexity index is 425. The van der Waals surface area contributed by atoms with Crippen LogP contribution >= 0.6 is 0 Å². The van der Waals surface area contributed by atoms with Crippen LogP contribution in [0.25, 0.3) is 0 Å². The van der Waals surface area contributed by atoms with Gasteiger partial charge >= 0.3 is 0 Å². The number of rotatable bonds is 2. The second-order valence-corrected chi connectivity index (χ2v) is 3.58. The highest BCUT2D eigenvalue weighted by atomic mass is 15.1. The van der Waals surface area contributed by atoms with E-state index < -0.39 is 0 Å². The van der Waals surface area contributed by atoms with E-state index in [4.69, 9.17) is 0 Å². The molecular formula is C10H12N6. The van der Waals surface area contributed by atoms with Gasteiger partial charge in [0.2, 0.25) is 0 Å². The second kappa shape index (κ2) is 3.88. The van der Waals surface area contributed by atoms with Gasteiger partial charge in [-0.05, 0) is 6.07 Å². The largest absolute Gasteiger partial charge is 0.367 e. The highest BCUT2D eigenvalue weighted by Crippen LogP contribution is 2.02. The van der Waals surface area contributed by atoms with Gasteiger partial charge in [0.1, 0.15) is 11.5 Å². The first-order valence-electron chi connectivity index (χ1n) is 5.34. The number of aromatic nitrogens is 2. The van der Waals surface area contributed by atoms with Crippen LogP contribution in [0.15, 0.2) is 22.2 Å². The smallest absolute Gasteiger partial charge is 0.195 e. The van der Waals surface area contributed by atoms with E-state index in [1.807, 2.05) is 6.07 Å². The molecule has 0 aliphatic carbocycles. The molecule has 0 bridgehead atoms.